The number of carbonyl (C=O) groups is 1. The van der Waals surface area contributed by atoms with E-state index in [2.05, 4.69) is 23.5 Å². The van der Waals surface area contributed by atoms with Crippen LogP contribution in [-0.4, -0.2) is 31.7 Å². The molecule has 1 aliphatic heterocycles. The fraction of sp³-hybridized carbons (Fsp3) is 0.409. The molecule has 1 aliphatic rings. The van der Waals surface area contributed by atoms with Crippen molar-refractivity contribution in [3.8, 4) is 0 Å². The summed E-state index contributed by atoms with van der Waals surface area (Å²) in [5.41, 5.74) is 3.38. The second kappa shape index (κ2) is 8.45. The number of rotatable bonds is 5. The minimum atomic E-state index is -3.57. The van der Waals surface area contributed by atoms with E-state index in [1.54, 1.807) is 30.3 Å². The van der Waals surface area contributed by atoms with Crippen LogP contribution in [0.2, 0.25) is 0 Å². The summed E-state index contributed by atoms with van der Waals surface area (Å²) in [6, 6.07) is 14.5. The lowest BCUT2D eigenvalue weighted by Gasteiger charge is -2.32. The third-order valence-electron chi connectivity index (χ3n) is 5.40. The molecule has 1 fully saturated rings. The highest BCUT2D eigenvalue weighted by Gasteiger charge is 2.33. The standard InChI is InChI=1S/C22H28N2O3S/c1-16-11-12-17(2)21(14-16)18(3)23-22(25)19-8-7-13-24(15-19)28(26,27)20-9-5-4-6-10-20/h4-6,9-12,14,18-19H,7-8,13,15H2,1-3H3,(H,23,25)/t18-,19+/m0/s1. The van der Waals surface area contributed by atoms with Crippen LogP contribution in [0.4, 0.5) is 0 Å². The number of piperidine rings is 1. The second-order valence-corrected chi connectivity index (χ2v) is 9.54. The van der Waals surface area contributed by atoms with Crippen molar-refractivity contribution in [1.29, 1.82) is 0 Å². The lowest BCUT2D eigenvalue weighted by molar-refractivity contribution is -0.126. The summed E-state index contributed by atoms with van der Waals surface area (Å²) >= 11 is 0. The van der Waals surface area contributed by atoms with Gasteiger partial charge >= 0.3 is 0 Å². The van der Waals surface area contributed by atoms with Crippen LogP contribution in [0.5, 0.6) is 0 Å². The molecule has 0 unspecified atom stereocenters. The van der Waals surface area contributed by atoms with Crippen molar-refractivity contribution >= 4 is 15.9 Å². The Hall–Kier alpha value is -2.18. The number of nitrogens with zero attached hydrogens (tertiary/aromatic N) is 1. The molecule has 1 amide bonds. The molecule has 2 atom stereocenters. The molecule has 1 heterocycles. The average molecular weight is 401 g/mol. The summed E-state index contributed by atoms with van der Waals surface area (Å²) in [6.45, 7) is 6.72. The summed E-state index contributed by atoms with van der Waals surface area (Å²) in [5, 5.41) is 3.09. The predicted octanol–water partition coefficient (Wildman–Crippen LogP) is 3.58. The number of hydrogen-bond donors (Lipinski definition) is 1. The molecule has 0 aromatic heterocycles. The van der Waals surface area contributed by atoms with Gasteiger partial charge < -0.3 is 5.32 Å². The normalized spacial score (nSPS) is 19.2. The van der Waals surface area contributed by atoms with E-state index in [4.69, 9.17) is 0 Å². The number of sulfonamides is 1. The Balaban J connectivity index is 1.70. The van der Waals surface area contributed by atoms with Gasteiger partial charge in [-0.1, -0.05) is 42.0 Å². The molecule has 0 bridgehead atoms. The molecule has 6 heteroatoms. The molecule has 0 aliphatic carbocycles. The summed E-state index contributed by atoms with van der Waals surface area (Å²) in [7, 11) is -3.57. The first-order valence-corrected chi connectivity index (χ1v) is 11.2. The Labute approximate surface area is 167 Å². The van der Waals surface area contributed by atoms with Crippen molar-refractivity contribution in [2.24, 2.45) is 5.92 Å². The van der Waals surface area contributed by atoms with Crippen molar-refractivity contribution in [3.05, 3.63) is 65.2 Å². The zero-order chi connectivity index (χ0) is 20.3. The van der Waals surface area contributed by atoms with E-state index in [-0.39, 0.29) is 29.3 Å². The molecule has 1 saturated heterocycles. The van der Waals surface area contributed by atoms with Crippen molar-refractivity contribution in [3.63, 3.8) is 0 Å². The van der Waals surface area contributed by atoms with Gasteiger partial charge in [0.25, 0.3) is 0 Å². The highest BCUT2D eigenvalue weighted by atomic mass is 32.2. The molecule has 150 valence electrons. The van der Waals surface area contributed by atoms with Crippen molar-refractivity contribution in [2.45, 2.75) is 44.6 Å². The number of nitrogens with one attached hydrogen (secondary N) is 1. The summed E-state index contributed by atoms with van der Waals surface area (Å²) in [5.74, 6) is -0.416. The molecule has 3 rings (SSSR count). The van der Waals surface area contributed by atoms with Gasteiger partial charge in [0.1, 0.15) is 0 Å². The Bertz CT molecular complexity index is 942. The van der Waals surface area contributed by atoms with Crippen LogP contribution in [0.3, 0.4) is 0 Å². The number of carbonyl (C=O) groups excluding carboxylic acids is 1. The van der Waals surface area contributed by atoms with E-state index in [1.807, 2.05) is 20.8 Å². The summed E-state index contributed by atoms with van der Waals surface area (Å²) < 4.78 is 27.2. The lowest BCUT2D eigenvalue weighted by Crippen LogP contribution is -2.45. The molecule has 0 saturated carbocycles. The van der Waals surface area contributed by atoms with Gasteiger partial charge in [0.05, 0.1) is 16.9 Å². The fourth-order valence-electron chi connectivity index (χ4n) is 3.75. The van der Waals surface area contributed by atoms with Gasteiger partial charge in [0, 0.05) is 13.1 Å². The van der Waals surface area contributed by atoms with Gasteiger partial charge in [-0.15, -0.1) is 0 Å². The average Bonchev–Trinajstić information content (AvgIpc) is 2.70. The van der Waals surface area contributed by atoms with Gasteiger partial charge in [-0.05, 0) is 56.9 Å². The second-order valence-electron chi connectivity index (χ2n) is 7.61. The van der Waals surface area contributed by atoms with E-state index in [0.29, 0.717) is 19.4 Å². The molecule has 28 heavy (non-hydrogen) atoms. The van der Waals surface area contributed by atoms with Crippen molar-refractivity contribution in [1.82, 2.24) is 9.62 Å². The first kappa shape index (κ1) is 20.6. The number of amides is 1. The van der Waals surface area contributed by atoms with Crippen molar-refractivity contribution < 1.29 is 13.2 Å². The largest absolute Gasteiger partial charge is 0.349 e. The highest BCUT2D eigenvalue weighted by molar-refractivity contribution is 7.89. The molecule has 2 aromatic rings. The molecular formula is C22H28N2O3S. The van der Waals surface area contributed by atoms with Crippen LogP contribution in [0, 0.1) is 19.8 Å². The molecule has 2 aromatic carbocycles. The number of aryl methyl sites for hydroxylation is 2. The van der Waals surface area contributed by atoms with Gasteiger partial charge in [-0.3, -0.25) is 4.79 Å². The Morgan fingerprint density at radius 3 is 2.57 bits per heavy atom. The third-order valence-corrected chi connectivity index (χ3v) is 7.28. The first-order chi connectivity index (χ1) is 13.3. The first-order valence-electron chi connectivity index (χ1n) is 9.72. The van der Waals surface area contributed by atoms with E-state index in [9.17, 15) is 13.2 Å². The van der Waals surface area contributed by atoms with Gasteiger partial charge in [-0.2, -0.15) is 4.31 Å². The maximum absolute atomic E-state index is 12.9. The van der Waals surface area contributed by atoms with Crippen LogP contribution in [-0.2, 0) is 14.8 Å². The SMILES string of the molecule is Cc1ccc(C)c([C@H](C)NC(=O)[C@@H]2CCCN(S(=O)(=O)c3ccccc3)C2)c1. The number of hydrogen-bond acceptors (Lipinski definition) is 3. The third kappa shape index (κ3) is 4.45. The Morgan fingerprint density at radius 2 is 1.86 bits per heavy atom. The molecule has 1 N–H and O–H groups in total. The smallest absolute Gasteiger partial charge is 0.243 e. The van der Waals surface area contributed by atoms with E-state index in [1.165, 1.54) is 4.31 Å². The summed E-state index contributed by atoms with van der Waals surface area (Å²) in [6.07, 6.45) is 1.38. The molecule has 0 radical (unpaired) electrons. The Morgan fingerprint density at radius 1 is 1.14 bits per heavy atom. The quantitative estimate of drug-likeness (QED) is 0.834. The zero-order valence-corrected chi connectivity index (χ0v) is 17.5. The summed E-state index contributed by atoms with van der Waals surface area (Å²) in [4.78, 5) is 13.1. The van der Waals surface area contributed by atoms with Crippen LogP contribution in [0.1, 0.15) is 42.5 Å². The zero-order valence-electron chi connectivity index (χ0n) is 16.7. The van der Waals surface area contributed by atoms with E-state index in [0.717, 1.165) is 16.7 Å². The number of benzene rings is 2. The minimum Gasteiger partial charge on any atom is -0.349 e. The highest BCUT2D eigenvalue weighted by Crippen LogP contribution is 2.25. The van der Waals surface area contributed by atoms with Gasteiger partial charge in [-0.25, -0.2) is 8.42 Å². The van der Waals surface area contributed by atoms with Crippen molar-refractivity contribution in [2.75, 3.05) is 13.1 Å². The van der Waals surface area contributed by atoms with Crippen LogP contribution in [0.25, 0.3) is 0 Å². The fourth-order valence-corrected chi connectivity index (χ4v) is 5.30. The molecular weight excluding hydrogens is 372 g/mol. The van der Waals surface area contributed by atoms with E-state index < -0.39 is 10.0 Å². The lowest BCUT2D eigenvalue weighted by atomic mass is 9.96. The topological polar surface area (TPSA) is 66.5 Å². The van der Waals surface area contributed by atoms with Gasteiger partial charge in [0.15, 0.2) is 0 Å². The van der Waals surface area contributed by atoms with Crippen LogP contribution < -0.4 is 5.32 Å². The Kier molecular flexibility index (Phi) is 6.20. The monoisotopic (exact) mass is 400 g/mol. The predicted molar refractivity (Wildman–Crippen MR) is 110 cm³/mol. The van der Waals surface area contributed by atoms with Crippen LogP contribution >= 0.6 is 0 Å². The van der Waals surface area contributed by atoms with E-state index >= 15 is 0 Å². The van der Waals surface area contributed by atoms with Crippen LogP contribution in [0.15, 0.2) is 53.4 Å². The maximum Gasteiger partial charge on any atom is 0.243 e. The molecule has 5 nitrogen and oxygen atoms in total. The maximum atomic E-state index is 12.9. The molecule has 0 spiro atoms. The minimum absolute atomic E-state index is 0.0821. The van der Waals surface area contributed by atoms with Gasteiger partial charge in [0.2, 0.25) is 15.9 Å².